The number of amides is 3. The Morgan fingerprint density at radius 3 is 2.77 bits per heavy atom. The fraction of sp³-hybridized carbons (Fsp3) is 0.800. The Kier molecular flexibility index (Phi) is 4.63. The molecule has 2 aliphatic heterocycles. The van der Waals surface area contributed by atoms with Gasteiger partial charge in [0.1, 0.15) is 0 Å². The van der Waals surface area contributed by atoms with Crippen molar-refractivity contribution in [3.05, 3.63) is 0 Å². The number of urea groups is 1. The number of hydrogen-bond acceptors (Lipinski definition) is 3. The van der Waals surface area contributed by atoms with Crippen LogP contribution in [0.3, 0.4) is 0 Å². The van der Waals surface area contributed by atoms with Crippen molar-refractivity contribution in [3.8, 4) is 0 Å². The van der Waals surface area contributed by atoms with Gasteiger partial charge in [0.25, 0.3) is 0 Å². The molecule has 0 aliphatic carbocycles. The Balaban J connectivity index is 1.83. The van der Waals surface area contributed by atoms with E-state index in [-0.39, 0.29) is 17.4 Å². The standard InChI is InChI=1S/C15H25N3O4/c1-14(2,12(20)21)5-6-16-13(22)18-7-3-4-15(10-18)8-11(19)17-9-15/h3-10H2,1-2H3,(H,16,22)(H,17,19)(H,20,21). The Bertz CT molecular complexity index is 477. The van der Waals surface area contributed by atoms with Crippen LogP contribution in [0, 0.1) is 10.8 Å². The molecular weight excluding hydrogens is 286 g/mol. The molecule has 0 bridgehead atoms. The average molecular weight is 311 g/mol. The number of carbonyl (C=O) groups is 3. The molecule has 22 heavy (non-hydrogen) atoms. The van der Waals surface area contributed by atoms with E-state index in [1.165, 1.54) is 0 Å². The van der Waals surface area contributed by atoms with E-state index in [1.807, 2.05) is 0 Å². The fourth-order valence-corrected chi connectivity index (χ4v) is 3.12. The van der Waals surface area contributed by atoms with Gasteiger partial charge in [-0.1, -0.05) is 0 Å². The topological polar surface area (TPSA) is 98.7 Å². The Morgan fingerprint density at radius 1 is 1.45 bits per heavy atom. The van der Waals surface area contributed by atoms with Crippen LogP contribution < -0.4 is 10.6 Å². The largest absolute Gasteiger partial charge is 0.481 e. The summed E-state index contributed by atoms with van der Waals surface area (Å²) in [5.41, 5.74) is -0.967. The molecule has 2 aliphatic rings. The minimum atomic E-state index is -0.866. The van der Waals surface area contributed by atoms with Crippen LogP contribution in [0.1, 0.15) is 39.5 Å². The van der Waals surface area contributed by atoms with Crippen LogP contribution >= 0.6 is 0 Å². The zero-order chi connectivity index (χ0) is 16.4. The van der Waals surface area contributed by atoms with Gasteiger partial charge in [-0.25, -0.2) is 4.79 Å². The first-order valence-corrected chi connectivity index (χ1v) is 7.77. The van der Waals surface area contributed by atoms with Crippen molar-refractivity contribution < 1.29 is 19.5 Å². The summed E-state index contributed by atoms with van der Waals surface area (Å²) in [7, 11) is 0. The van der Waals surface area contributed by atoms with Gasteiger partial charge in [0.05, 0.1) is 5.41 Å². The molecule has 1 unspecified atom stereocenters. The van der Waals surface area contributed by atoms with Gasteiger partial charge >= 0.3 is 12.0 Å². The van der Waals surface area contributed by atoms with Crippen molar-refractivity contribution >= 4 is 17.9 Å². The minimum Gasteiger partial charge on any atom is -0.481 e. The van der Waals surface area contributed by atoms with Crippen LogP contribution in [0.15, 0.2) is 0 Å². The van der Waals surface area contributed by atoms with Crippen LogP contribution in [0.5, 0.6) is 0 Å². The highest BCUT2D eigenvalue weighted by Crippen LogP contribution is 2.35. The van der Waals surface area contributed by atoms with Crippen LogP contribution in [-0.4, -0.2) is 54.1 Å². The van der Waals surface area contributed by atoms with Crippen molar-refractivity contribution in [1.29, 1.82) is 0 Å². The first-order valence-electron chi connectivity index (χ1n) is 7.77. The molecule has 124 valence electrons. The van der Waals surface area contributed by atoms with Crippen molar-refractivity contribution in [2.45, 2.75) is 39.5 Å². The molecule has 2 heterocycles. The number of nitrogens with one attached hydrogen (secondary N) is 2. The van der Waals surface area contributed by atoms with Gasteiger partial charge in [-0.15, -0.1) is 0 Å². The molecule has 0 aromatic carbocycles. The van der Waals surface area contributed by atoms with E-state index in [0.29, 0.717) is 39.0 Å². The second-order valence-corrected chi connectivity index (χ2v) is 7.15. The fourth-order valence-electron chi connectivity index (χ4n) is 3.12. The van der Waals surface area contributed by atoms with E-state index < -0.39 is 11.4 Å². The van der Waals surface area contributed by atoms with Gasteiger partial charge in [-0.05, 0) is 33.1 Å². The molecule has 7 nitrogen and oxygen atoms in total. The highest BCUT2D eigenvalue weighted by molar-refractivity contribution is 5.80. The molecular formula is C15H25N3O4. The normalized spacial score (nSPS) is 25.2. The van der Waals surface area contributed by atoms with Crippen LogP contribution in [0.2, 0.25) is 0 Å². The summed E-state index contributed by atoms with van der Waals surface area (Å²) in [6, 6.07) is -0.167. The number of carboxylic acids is 1. The summed E-state index contributed by atoms with van der Waals surface area (Å²) >= 11 is 0. The zero-order valence-corrected chi connectivity index (χ0v) is 13.3. The highest BCUT2D eigenvalue weighted by Gasteiger charge is 2.42. The number of aliphatic carboxylic acids is 1. The minimum absolute atomic E-state index is 0.0606. The molecule has 0 aromatic rings. The SMILES string of the molecule is CC(C)(CCNC(=O)N1CCCC2(CNC(=O)C2)C1)C(=O)O. The quantitative estimate of drug-likeness (QED) is 0.715. The van der Waals surface area contributed by atoms with Gasteiger partial charge in [-0.2, -0.15) is 0 Å². The van der Waals surface area contributed by atoms with E-state index >= 15 is 0 Å². The molecule has 0 saturated carbocycles. The van der Waals surface area contributed by atoms with Crippen LogP contribution in [0.25, 0.3) is 0 Å². The van der Waals surface area contributed by atoms with Crippen molar-refractivity contribution in [2.75, 3.05) is 26.2 Å². The number of hydrogen-bond donors (Lipinski definition) is 3. The Labute approximate surface area is 130 Å². The van der Waals surface area contributed by atoms with Crippen molar-refractivity contribution in [1.82, 2.24) is 15.5 Å². The summed E-state index contributed by atoms with van der Waals surface area (Å²) in [6.07, 6.45) is 2.72. The summed E-state index contributed by atoms with van der Waals surface area (Å²) in [5.74, 6) is -0.806. The first kappa shape index (κ1) is 16.6. The molecule has 0 aromatic heterocycles. The summed E-state index contributed by atoms with van der Waals surface area (Å²) < 4.78 is 0. The number of likely N-dealkylation sites (tertiary alicyclic amines) is 1. The Morgan fingerprint density at radius 2 is 2.18 bits per heavy atom. The monoisotopic (exact) mass is 311 g/mol. The van der Waals surface area contributed by atoms with Crippen molar-refractivity contribution in [2.24, 2.45) is 10.8 Å². The summed E-state index contributed by atoms with van der Waals surface area (Å²) in [5, 5.41) is 14.7. The second kappa shape index (κ2) is 6.14. The predicted molar refractivity (Wildman–Crippen MR) is 80.3 cm³/mol. The van der Waals surface area contributed by atoms with E-state index in [2.05, 4.69) is 10.6 Å². The molecule has 3 N–H and O–H groups in total. The van der Waals surface area contributed by atoms with Gasteiger partial charge in [-0.3, -0.25) is 9.59 Å². The van der Waals surface area contributed by atoms with E-state index in [0.717, 1.165) is 12.8 Å². The lowest BCUT2D eigenvalue weighted by Gasteiger charge is -2.39. The lowest BCUT2D eigenvalue weighted by atomic mass is 9.79. The maximum absolute atomic E-state index is 12.2. The number of carboxylic acid groups (broad SMARTS) is 1. The molecule has 7 heteroatoms. The lowest BCUT2D eigenvalue weighted by molar-refractivity contribution is -0.147. The smallest absolute Gasteiger partial charge is 0.317 e. The second-order valence-electron chi connectivity index (χ2n) is 7.15. The number of carbonyl (C=O) groups excluding carboxylic acids is 2. The van der Waals surface area contributed by atoms with Crippen LogP contribution in [0.4, 0.5) is 4.79 Å². The third-order valence-corrected chi connectivity index (χ3v) is 4.75. The number of piperidine rings is 1. The molecule has 1 atom stereocenters. The highest BCUT2D eigenvalue weighted by atomic mass is 16.4. The van der Waals surface area contributed by atoms with Crippen LogP contribution in [-0.2, 0) is 9.59 Å². The van der Waals surface area contributed by atoms with Gasteiger partial charge in [0, 0.05) is 38.0 Å². The van der Waals surface area contributed by atoms with E-state index in [9.17, 15) is 14.4 Å². The third kappa shape index (κ3) is 3.69. The third-order valence-electron chi connectivity index (χ3n) is 4.75. The lowest BCUT2D eigenvalue weighted by Crippen LogP contribution is -2.51. The predicted octanol–water partition coefficient (Wildman–Crippen LogP) is 0.799. The molecule has 2 fully saturated rings. The van der Waals surface area contributed by atoms with Crippen molar-refractivity contribution in [3.63, 3.8) is 0 Å². The van der Waals surface area contributed by atoms with Gasteiger partial charge in [0.15, 0.2) is 0 Å². The van der Waals surface area contributed by atoms with Gasteiger partial charge < -0.3 is 20.6 Å². The van der Waals surface area contributed by atoms with E-state index in [1.54, 1.807) is 18.7 Å². The molecule has 2 saturated heterocycles. The molecule has 1 spiro atoms. The maximum Gasteiger partial charge on any atom is 0.317 e. The average Bonchev–Trinajstić information content (AvgIpc) is 2.79. The summed E-state index contributed by atoms with van der Waals surface area (Å²) in [4.78, 5) is 36.5. The molecule has 0 radical (unpaired) electrons. The van der Waals surface area contributed by atoms with Gasteiger partial charge in [0.2, 0.25) is 5.91 Å². The summed E-state index contributed by atoms with van der Waals surface area (Å²) in [6.45, 7) is 5.53. The maximum atomic E-state index is 12.2. The first-order chi connectivity index (χ1) is 10.2. The zero-order valence-electron chi connectivity index (χ0n) is 13.3. The number of nitrogens with zero attached hydrogens (tertiary/aromatic N) is 1. The Hall–Kier alpha value is -1.79. The van der Waals surface area contributed by atoms with E-state index in [4.69, 9.17) is 5.11 Å². The molecule has 2 rings (SSSR count). The molecule has 3 amide bonds. The number of rotatable bonds is 4.